The van der Waals surface area contributed by atoms with Crippen molar-refractivity contribution in [2.45, 2.75) is 20.3 Å². The van der Waals surface area contributed by atoms with Crippen LogP contribution in [0.5, 0.6) is 0 Å². The topological polar surface area (TPSA) is 32.3 Å². The SMILES string of the molecule is Cc1cc(C)cc(NCCCO)c1. The van der Waals surface area contributed by atoms with Gasteiger partial charge in [0.05, 0.1) is 0 Å². The maximum Gasteiger partial charge on any atom is 0.0447 e. The fourth-order valence-corrected chi connectivity index (χ4v) is 1.39. The van der Waals surface area contributed by atoms with Crippen LogP contribution in [0.1, 0.15) is 17.5 Å². The van der Waals surface area contributed by atoms with Gasteiger partial charge in [-0.15, -0.1) is 0 Å². The molecule has 0 bridgehead atoms. The fourth-order valence-electron chi connectivity index (χ4n) is 1.39. The van der Waals surface area contributed by atoms with Gasteiger partial charge in [0.2, 0.25) is 0 Å². The molecule has 0 aliphatic heterocycles. The Morgan fingerprint density at radius 3 is 2.31 bits per heavy atom. The van der Waals surface area contributed by atoms with Gasteiger partial charge in [-0.05, 0) is 43.5 Å². The molecule has 0 aliphatic carbocycles. The van der Waals surface area contributed by atoms with Crippen molar-refractivity contribution in [3.8, 4) is 0 Å². The highest BCUT2D eigenvalue weighted by molar-refractivity contribution is 5.48. The summed E-state index contributed by atoms with van der Waals surface area (Å²) in [5, 5.41) is 11.9. The van der Waals surface area contributed by atoms with Crippen molar-refractivity contribution >= 4 is 5.69 Å². The van der Waals surface area contributed by atoms with Crippen LogP contribution in [0.3, 0.4) is 0 Å². The highest BCUT2D eigenvalue weighted by atomic mass is 16.3. The summed E-state index contributed by atoms with van der Waals surface area (Å²) in [5.41, 5.74) is 3.68. The average molecular weight is 179 g/mol. The Balaban J connectivity index is 2.56. The van der Waals surface area contributed by atoms with Crippen molar-refractivity contribution < 1.29 is 5.11 Å². The zero-order valence-electron chi connectivity index (χ0n) is 8.30. The molecule has 1 aromatic carbocycles. The standard InChI is InChI=1S/C11H17NO/c1-9-6-10(2)8-11(7-9)12-4-3-5-13/h6-8,12-13H,3-5H2,1-2H3. The molecule has 0 amide bonds. The van der Waals surface area contributed by atoms with Gasteiger partial charge in [-0.25, -0.2) is 0 Å². The van der Waals surface area contributed by atoms with Gasteiger partial charge in [0.1, 0.15) is 0 Å². The van der Waals surface area contributed by atoms with E-state index < -0.39 is 0 Å². The van der Waals surface area contributed by atoms with Gasteiger partial charge in [-0.2, -0.15) is 0 Å². The smallest absolute Gasteiger partial charge is 0.0447 e. The van der Waals surface area contributed by atoms with Crippen LogP contribution in [0.4, 0.5) is 5.69 Å². The van der Waals surface area contributed by atoms with Crippen LogP contribution in [-0.2, 0) is 0 Å². The molecule has 0 aromatic heterocycles. The number of hydrogen-bond donors (Lipinski definition) is 2. The van der Waals surface area contributed by atoms with E-state index in [2.05, 4.69) is 37.4 Å². The summed E-state index contributed by atoms with van der Waals surface area (Å²) in [6.45, 7) is 5.26. The lowest BCUT2D eigenvalue weighted by atomic mass is 10.1. The minimum atomic E-state index is 0.248. The summed E-state index contributed by atoms with van der Waals surface area (Å²) in [5.74, 6) is 0. The summed E-state index contributed by atoms with van der Waals surface area (Å²) >= 11 is 0. The van der Waals surface area contributed by atoms with Crippen LogP contribution in [0.25, 0.3) is 0 Å². The summed E-state index contributed by atoms with van der Waals surface area (Å²) in [6, 6.07) is 6.38. The van der Waals surface area contributed by atoms with Gasteiger partial charge in [-0.3, -0.25) is 0 Å². The number of aryl methyl sites for hydroxylation is 2. The molecule has 2 nitrogen and oxygen atoms in total. The molecule has 13 heavy (non-hydrogen) atoms. The quantitative estimate of drug-likeness (QED) is 0.694. The third-order valence-electron chi connectivity index (χ3n) is 1.89. The first-order valence-corrected chi connectivity index (χ1v) is 4.65. The normalized spacial score (nSPS) is 10.1. The zero-order chi connectivity index (χ0) is 9.68. The molecule has 72 valence electrons. The lowest BCUT2D eigenvalue weighted by molar-refractivity contribution is 0.292. The number of nitrogens with one attached hydrogen (secondary N) is 1. The Kier molecular flexibility index (Phi) is 3.77. The highest BCUT2D eigenvalue weighted by Crippen LogP contribution is 2.13. The third kappa shape index (κ3) is 3.47. The van der Waals surface area contributed by atoms with E-state index in [9.17, 15) is 0 Å². The van der Waals surface area contributed by atoms with E-state index in [4.69, 9.17) is 5.11 Å². The van der Waals surface area contributed by atoms with Crippen molar-refractivity contribution in [2.24, 2.45) is 0 Å². The molecule has 0 atom stereocenters. The molecule has 0 saturated heterocycles. The lowest BCUT2D eigenvalue weighted by Gasteiger charge is -2.07. The first-order chi connectivity index (χ1) is 6.22. The average Bonchev–Trinajstić information content (AvgIpc) is 2.03. The van der Waals surface area contributed by atoms with Crippen molar-refractivity contribution in [3.05, 3.63) is 29.3 Å². The number of aliphatic hydroxyl groups excluding tert-OH is 1. The van der Waals surface area contributed by atoms with Crippen LogP contribution in [0.2, 0.25) is 0 Å². The van der Waals surface area contributed by atoms with Crippen LogP contribution >= 0.6 is 0 Å². The number of benzene rings is 1. The van der Waals surface area contributed by atoms with Gasteiger partial charge >= 0.3 is 0 Å². The Morgan fingerprint density at radius 2 is 1.77 bits per heavy atom. The van der Waals surface area contributed by atoms with Gasteiger partial charge in [-0.1, -0.05) is 6.07 Å². The molecule has 0 spiro atoms. The van der Waals surface area contributed by atoms with Crippen molar-refractivity contribution in [2.75, 3.05) is 18.5 Å². The fraction of sp³-hybridized carbons (Fsp3) is 0.455. The van der Waals surface area contributed by atoms with Crippen molar-refractivity contribution in [1.29, 1.82) is 0 Å². The molecular weight excluding hydrogens is 162 g/mol. The van der Waals surface area contributed by atoms with Crippen LogP contribution < -0.4 is 5.32 Å². The molecule has 0 fully saturated rings. The van der Waals surface area contributed by atoms with Gasteiger partial charge in [0.15, 0.2) is 0 Å². The predicted octanol–water partition coefficient (Wildman–Crippen LogP) is 2.10. The molecule has 1 aromatic rings. The highest BCUT2D eigenvalue weighted by Gasteiger charge is 1.94. The van der Waals surface area contributed by atoms with Gasteiger partial charge < -0.3 is 10.4 Å². The summed E-state index contributed by atoms with van der Waals surface area (Å²) in [7, 11) is 0. The summed E-state index contributed by atoms with van der Waals surface area (Å²) < 4.78 is 0. The molecule has 0 saturated carbocycles. The van der Waals surface area contributed by atoms with Crippen molar-refractivity contribution in [3.63, 3.8) is 0 Å². The minimum Gasteiger partial charge on any atom is -0.396 e. The van der Waals surface area contributed by atoms with E-state index in [1.165, 1.54) is 11.1 Å². The third-order valence-corrected chi connectivity index (χ3v) is 1.89. The molecule has 0 heterocycles. The van der Waals surface area contributed by atoms with Crippen LogP contribution in [0.15, 0.2) is 18.2 Å². The van der Waals surface area contributed by atoms with Crippen LogP contribution in [-0.4, -0.2) is 18.3 Å². The molecule has 1 rings (SSSR count). The van der Waals surface area contributed by atoms with E-state index >= 15 is 0 Å². The van der Waals surface area contributed by atoms with E-state index in [0.29, 0.717) is 0 Å². The number of rotatable bonds is 4. The molecule has 0 unspecified atom stereocenters. The Hall–Kier alpha value is -1.02. The Labute approximate surface area is 79.6 Å². The van der Waals surface area contributed by atoms with E-state index in [-0.39, 0.29) is 6.61 Å². The summed E-state index contributed by atoms with van der Waals surface area (Å²) in [6.07, 6.45) is 0.799. The first-order valence-electron chi connectivity index (χ1n) is 4.65. The molecule has 0 aliphatic rings. The number of aliphatic hydroxyl groups is 1. The number of anilines is 1. The molecular formula is C11H17NO. The largest absolute Gasteiger partial charge is 0.396 e. The number of hydrogen-bond acceptors (Lipinski definition) is 2. The van der Waals surface area contributed by atoms with Crippen molar-refractivity contribution in [1.82, 2.24) is 0 Å². The van der Waals surface area contributed by atoms with E-state index in [0.717, 1.165) is 18.7 Å². The molecule has 2 heteroatoms. The van der Waals surface area contributed by atoms with E-state index in [1.54, 1.807) is 0 Å². The predicted molar refractivity (Wildman–Crippen MR) is 56.1 cm³/mol. The maximum absolute atomic E-state index is 8.61. The lowest BCUT2D eigenvalue weighted by Crippen LogP contribution is -2.03. The van der Waals surface area contributed by atoms with Crippen LogP contribution in [0, 0.1) is 13.8 Å². The monoisotopic (exact) mass is 179 g/mol. The molecule has 2 N–H and O–H groups in total. The van der Waals surface area contributed by atoms with Gasteiger partial charge in [0.25, 0.3) is 0 Å². The second kappa shape index (κ2) is 4.87. The Bertz CT molecular complexity index is 251. The maximum atomic E-state index is 8.61. The minimum absolute atomic E-state index is 0.248. The first kappa shape index (κ1) is 10.1. The second-order valence-electron chi connectivity index (χ2n) is 3.38. The van der Waals surface area contributed by atoms with E-state index in [1.807, 2.05) is 0 Å². The Morgan fingerprint density at radius 1 is 1.15 bits per heavy atom. The van der Waals surface area contributed by atoms with Gasteiger partial charge in [0, 0.05) is 18.8 Å². The second-order valence-corrected chi connectivity index (χ2v) is 3.38. The molecule has 0 radical (unpaired) electrons. The summed E-state index contributed by atoms with van der Waals surface area (Å²) in [4.78, 5) is 0. The zero-order valence-corrected chi connectivity index (χ0v) is 8.30.